The Bertz CT molecular complexity index is 582. The maximum absolute atomic E-state index is 5.29. The Labute approximate surface area is 162 Å². The van der Waals surface area contributed by atoms with Gasteiger partial charge < -0.3 is 15.4 Å². The molecule has 26 heavy (non-hydrogen) atoms. The molecule has 0 saturated heterocycles. The molecule has 5 nitrogen and oxygen atoms in total. The topological polar surface area (TPSA) is 48.9 Å². The molecule has 1 fully saturated rings. The molecule has 1 aliphatic carbocycles. The third-order valence-corrected chi connectivity index (χ3v) is 6.80. The smallest absolute Gasteiger partial charge is 0.191 e. The predicted molar refractivity (Wildman–Crippen MR) is 110 cm³/mol. The Hall–Kier alpha value is -1.11. The zero-order valence-corrected chi connectivity index (χ0v) is 17.2. The lowest BCUT2D eigenvalue weighted by molar-refractivity contribution is 0.0778. The van der Waals surface area contributed by atoms with Crippen molar-refractivity contribution in [1.29, 1.82) is 0 Å². The minimum atomic E-state index is 0.376. The number of ether oxygens (including phenoxy) is 1. The monoisotopic (exact) mass is 378 g/mol. The summed E-state index contributed by atoms with van der Waals surface area (Å²) in [6.07, 6.45) is 6.24. The fourth-order valence-electron chi connectivity index (χ4n) is 3.90. The van der Waals surface area contributed by atoms with Crippen LogP contribution in [0.4, 0.5) is 0 Å². The first-order chi connectivity index (χ1) is 12.7. The summed E-state index contributed by atoms with van der Waals surface area (Å²) in [7, 11) is 1.79. The normalized spacial score (nSPS) is 19.7. The molecule has 1 aliphatic heterocycles. The second-order valence-electron chi connectivity index (χ2n) is 7.61. The summed E-state index contributed by atoms with van der Waals surface area (Å²) in [5.41, 5.74) is 1.90. The Morgan fingerprint density at radius 3 is 3.00 bits per heavy atom. The van der Waals surface area contributed by atoms with Crippen LogP contribution in [0.25, 0.3) is 0 Å². The molecule has 1 aromatic heterocycles. The van der Waals surface area contributed by atoms with Crippen molar-refractivity contribution in [2.24, 2.45) is 10.4 Å². The highest BCUT2D eigenvalue weighted by Crippen LogP contribution is 2.44. The average molecular weight is 379 g/mol. The first-order valence-electron chi connectivity index (χ1n) is 10.0. The number of aliphatic imine (C=N–C) groups is 1. The van der Waals surface area contributed by atoms with Gasteiger partial charge in [0, 0.05) is 57.9 Å². The van der Waals surface area contributed by atoms with Gasteiger partial charge in [0.15, 0.2) is 5.96 Å². The number of hydrogen-bond donors (Lipinski definition) is 2. The van der Waals surface area contributed by atoms with Crippen LogP contribution in [0.1, 0.15) is 43.0 Å². The van der Waals surface area contributed by atoms with Gasteiger partial charge in [0.1, 0.15) is 0 Å². The van der Waals surface area contributed by atoms with Crippen LogP contribution in [0, 0.1) is 5.41 Å². The molecule has 1 saturated carbocycles. The van der Waals surface area contributed by atoms with Crippen LogP contribution in [0.15, 0.2) is 16.4 Å². The van der Waals surface area contributed by atoms with E-state index in [4.69, 9.17) is 9.73 Å². The van der Waals surface area contributed by atoms with Crippen molar-refractivity contribution in [3.05, 3.63) is 21.9 Å². The van der Waals surface area contributed by atoms with Crippen LogP contribution in [0.3, 0.4) is 0 Å². The molecule has 0 amide bonds. The highest BCUT2D eigenvalue weighted by atomic mass is 32.1. The number of fused-ring (bicyclic) bond motifs is 1. The molecule has 2 heterocycles. The molecule has 0 aromatic carbocycles. The highest BCUT2D eigenvalue weighted by Gasteiger charge is 2.36. The fraction of sp³-hybridized carbons (Fsp3) is 0.750. The van der Waals surface area contributed by atoms with E-state index >= 15 is 0 Å². The SMILES string of the molecule is CCNC(=NCC1(CCOC)CCC1)NCCN1CCc2sccc2C1. The van der Waals surface area contributed by atoms with Gasteiger partial charge in [-0.05, 0) is 55.0 Å². The maximum Gasteiger partial charge on any atom is 0.191 e. The maximum atomic E-state index is 5.29. The summed E-state index contributed by atoms with van der Waals surface area (Å²) in [6.45, 7) is 9.05. The number of guanidine groups is 1. The first-order valence-corrected chi connectivity index (χ1v) is 10.9. The fourth-order valence-corrected chi connectivity index (χ4v) is 4.79. The lowest BCUT2D eigenvalue weighted by atomic mass is 9.67. The van der Waals surface area contributed by atoms with Crippen molar-refractivity contribution < 1.29 is 4.74 Å². The van der Waals surface area contributed by atoms with E-state index in [1.54, 1.807) is 12.0 Å². The number of methoxy groups -OCH3 is 1. The highest BCUT2D eigenvalue weighted by molar-refractivity contribution is 7.10. The Morgan fingerprint density at radius 2 is 2.27 bits per heavy atom. The van der Waals surface area contributed by atoms with E-state index in [2.05, 4.69) is 33.9 Å². The van der Waals surface area contributed by atoms with Gasteiger partial charge in [-0.2, -0.15) is 0 Å². The molecule has 0 spiro atoms. The van der Waals surface area contributed by atoms with Crippen molar-refractivity contribution in [3.8, 4) is 0 Å². The molecule has 146 valence electrons. The molecular formula is C20H34N4OS. The third kappa shape index (κ3) is 5.21. The molecule has 2 N–H and O–H groups in total. The van der Waals surface area contributed by atoms with Gasteiger partial charge in [0.05, 0.1) is 0 Å². The summed E-state index contributed by atoms with van der Waals surface area (Å²) >= 11 is 1.90. The van der Waals surface area contributed by atoms with Crippen LogP contribution >= 0.6 is 11.3 Å². The minimum Gasteiger partial charge on any atom is -0.385 e. The summed E-state index contributed by atoms with van der Waals surface area (Å²) in [5.74, 6) is 0.962. The number of nitrogens with zero attached hydrogens (tertiary/aromatic N) is 2. The largest absolute Gasteiger partial charge is 0.385 e. The number of thiophene rings is 1. The van der Waals surface area contributed by atoms with Crippen molar-refractivity contribution in [1.82, 2.24) is 15.5 Å². The van der Waals surface area contributed by atoms with Crippen molar-refractivity contribution in [3.63, 3.8) is 0 Å². The van der Waals surface area contributed by atoms with Gasteiger partial charge >= 0.3 is 0 Å². The number of hydrogen-bond acceptors (Lipinski definition) is 4. The lowest BCUT2D eigenvalue weighted by Gasteiger charge is -2.40. The average Bonchev–Trinajstić information content (AvgIpc) is 3.08. The van der Waals surface area contributed by atoms with E-state index in [0.29, 0.717) is 5.41 Å². The molecule has 3 rings (SSSR count). The van der Waals surface area contributed by atoms with E-state index in [-0.39, 0.29) is 0 Å². The second-order valence-corrected chi connectivity index (χ2v) is 8.61. The Balaban J connectivity index is 1.44. The Morgan fingerprint density at radius 1 is 1.38 bits per heavy atom. The van der Waals surface area contributed by atoms with Gasteiger partial charge in [-0.1, -0.05) is 6.42 Å². The quantitative estimate of drug-likeness (QED) is 0.512. The second kappa shape index (κ2) is 9.72. The number of nitrogens with one attached hydrogen (secondary N) is 2. The van der Waals surface area contributed by atoms with Crippen LogP contribution in [0.5, 0.6) is 0 Å². The molecule has 6 heteroatoms. The van der Waals surface area contributed by atoms with Crippen LogP contribution in [-0.2, 0) is 17.7 Å². The van der Waals surface area contributed by atoms with Crippen LogP contribution in [0.2, 0.25) is 0 Å². The van der Waals surface area contributed by atoms with Gasteiger partial charge in [0.25, 0.3) is 0 Å². The molecule has 0 radical (unpaired) electrons. The molecule has 1 aromatic rings. The Kier molecular flexibility index (Phi) is 7.34. The summed E-state index contributed by atoms with van der Waals surface area (Å²) in [6, 6.07) is 2.28. The first kappa shape index (κ1) is 19.6. The van der Waals surface area contributed by atoms with Crippen molar-refractivity contribution in [2.75, 3.05) is 46.4 Å². The van der Waals surface area contributed by atoms with Gasteiger partial charge in [-0.15, -0.1) is 11.3 Å². The zero-order chi connectivity index (χ0) is 18.2. The van der Waals surface area contributed by atoms with Crippen molar-refractivity contribution >= 4 is 17.3 Å². The molecule has 2 aliphatic rings. The summed E-state index contributed by atoms with van der Waals surface area (Å²) in [4.78, 5) is 9.01. The number of rotatable bonds is 9. The van der Waals surface area contributed by atoms with E-state index < -0.39 is 0 Å². The molecule has 0 unspecified atom stereocenters. The van der Waals surface area contributed by atoms with E-state index in [9.17, 15) is 0 Å². The van der Waals surface area contributed by atoms with E-state index in [1.807, 2.05) is 11.3 Å². The van der Waals surface area contributed by atoms with Crippen LogP contribution in [-0.4, -0.2) is 57.3 Å². The van der Waals surface area contributed by atoms with Crippen molar-refractivity contribution in [2.45, 2.75) is 45.6 Å². The minimum absolute atomic E-state index is 0.376. The lowest BCUT2D eigenvalue weighted by Crippen LogP contribution is -2.43. The molecule has 0 bridgehead atoms. The van der Waals surface area contributed by atoms with Gasteiger partial charge in [0.2, 0.25) is 0 Å². The summed E-state index contributed by atoms with van der Waals surface area (Å²) in [5, 5.41) is 9.16. The van der Waals surface area contributed by atoms with E-state index in [1.165, 1.54) is 37.8 Å². The zero-order valence-electron chi connectivity index (χ0n) is 16.4. The van der Waals surface area contributed by atoms with E-state index in [0.717, 1.165) is 51.7 Å². The van der Waals surface area contributed by atoms with Gasteiger partial charge in [-0.3, -0.25) is 9.89 Å². The van der Waals surface area contributed by atoms with Gasteiger partial charge in [-0.25, -0.2) is 0 Å². The third-order valence-electron chi connectivity index (χ3n) is 5.77. The van der Waals surface area contributed by atoms with Crippen LogP contribution < -0.4 is 10.6 Å². The molecular weight excluding hydrogens is 344 g/mol. The molecule has 0 atom stereocenters. The summed E-state index contributed by atoms with van der Waals surface area (Å²) < 4.78 is 5.29. The predicted octanol–water partition coefficient (Wildman–Crippen LogP) is 2.87. The standard InChI is InChI=1S/C20H34N4OS/c1-3-21-19(23-16-20(7-4-8-20)9-13-25-2)22-10-12-24-11-5-18-17(15-24)6-14-26-18/h6,14H,3-5,7-13,15-16H2,1-2H3,(H2,21,22,23).